The van der Waals surface area contributed by atoms with Gasteiger partial charge in [0.25, 0.3) is 0 Å². The second-order valence-electron chi connectivity index (χ2n) is 5.18. The van der Waals surface area contributed by atoms with Crippen LogP contribution in [-0.2, 0) is 0 Å². The van der Waals surface area contributed by atoms with E-state index in [0.717, 1.165) is 10.8 Å². The van der Waals surface area contributed by atoms with Crippen molar-refractivity contribution in [1.82, 2.24) is 0 Å². The lowest BCUT2D eigenvalue weighted by atomic mass is 10.1. The molecule has 0 spiro atoms. The number of Topliss-reactive ketones (excluding diaryl/α,β-unsaturated/α-hetero) is 2. The lowest BCUT2D eigenvalue weighted by molar-refractivity contribution is 0.0824. The number of benzene rings is 3. The molecule has 0 amide bonds. The predicted octanol–water partition coefficient (Wildman–Crippen LogP) is 4.50. The average molecular weight is 306 g/mol. The summed E-state index contributed by atoms with van der Waals surface area (Å²) in [5.74, 6) is -0.857. The fourth-order valence-corrected chi connectivity index (χ4v) is 2.85. The van der Waals surface area contributed by atoms with Crippen molar-refractivity contribution in [3.05, 3.63) is 77.4 Å². The molecule has 0 aromatic heterocycles. The Morgan fingerprint density at radius 1 is 0.773 bits per heavy atom. The van der Waals surface area contributed by atoms with Crippen molar-refractivity contribution in [2.45, 2.75) is 11.8 Å². The molecule has 0 radical (unpaired) electrons. The van der Waals surface area contributed by atoms with Crippen LogP contribution in [-0.4, -0.2) is 11.6 Å². The highest BCUT2D eigenvalue weighted by Gasteiger charge is 2.31. The first-order chi connectivity index (χ1) is 10.6. The molecule has 0 unspecified atom stereocenters. The molecule has 0 fully saturated rings. The van der Waals surface area contributed by atoms with Gasteiger partial charge in [0.15, 0.2) is 0 Å². The van der Waals surface area contributed by atoms with Crippen molar-refractivity contribution >= 4 is 35.0 Å². The largest absolute Gasteiger partial charge is 0.285 e. The fourth-order valence-electron chi connectivity index (χ4n) is 2.56. The first-order valence-corrected chi connectivity index (χ1v) is 7.39. The van der Waals surface area contributed by atoms with Crippen LogP contribution in [0.4, 0.5) is 0 Å². The zero-order valence-electron chi connectivity index (χ0n) is 12.0. The van der Waals surface area contributed by atoms with E-state index in [1.807, 2.05) is 30.3 Å². The number of carbonyl (C=O) groups is 2. The van der Waals surface area contributed by atoms with Gasteiger partial charge in [-0.3, -0.25) is 9.59 Å². The standard InChI is InChI=1S/C12H6O2S.C7H8/c13-11-7-3-1-2-6-4-5-8(15)10(9(6)7)12(11)14;1-7-5-3-2-4-6-7/h1-5,15H;2-6H,1H3. The Morgan fingerprint density at radius 3 is 2.14 bits per heavy atom. The summed E-state index contributed by atoms with van der Waals surface area (Å²) < 4.78 is 0. The van der Waals surface area contributed by atoms with Gasteiger partial charge in [-0.05, 0) is 18.4 Å². The second kappa shape index (κ2) is 5.78. The molecular formula is C19H14O2S. The normalized spacial score (nSPS) is 12.3. The lowest BCUT2D eigenvalue weighted by Gasteiger charge is -2.01. The minimum absolute atomic E-state index is 0.419. The SMILES string of the molecule is Cc1ccccc1.O=C1C(=O)c2c(S)ccc3cccc1c23. The van der Waals surface area contributed by atoms with E-state index in [0.29, 0.717) is 16.0 Å². The molecule has 0 bridgehead atoms. The topological polar surface area (TPSA) is 34.1 Å². The van der Waals surface area contributed by atoms with Crippen LogP contribution in [0, 0.1) is 6.92 Å². The van der Waals surface area contributed by atoms with Crippen molar-refractivity contribution in [3.8, 4) is 0 Å². The molecule has 0 atom stereocenters. The van der Waals surface area contributed by atoms with Gasteiger partial charge < -0.3 is 0 Å². The molecule has 0 aliphatic heterocycles. The van der Waals surface area contributed by atoms with Crippen molar-refractivity contribution in [3.63, 3.8) is 0 Å². The van der Waals surface area contributed by atoms with Crippen LogP contribution in [0.5, 0.6) is 0 Å². The lowest BCUT2D eigenvalue weighted by Crippen LogP contribution is -2.06. The van der Waals surface area contributed by atoms with Gasteiger partial charge in [0, 0.05) is 21.4 Å². The van der Waals surface area contributed by atoms with Gasteiger partial charge in [-0.25, -0.2) is 0 Å². The summed E-state index contributed by atoms with van der Waals surface area (Å²) in [7, 11) is 0. The summed E-state index contributed by atoms with van der Waals surface area (Å²) in [4.78, 5) is 23.9. The van der Waals surface area contributed by atoms with Crippen molar-refractivity contribution in [2.75, 3.05) is 0 Å². The molecule has 3 aromatic carbocycles. The number of ketones is 2. The number of aryl methyl sites for hydroxylation is 1. The highest BCUT2D eigenvalue weighted by Crippen LogP contribution is 2.34. The van der Waals surface area contributed by atoms with Gasteiger partial charge in [-0.2, -0.15) is 0 Å². The number of hydrogen-bond acceptors (Lipinski definition) is 3. The maximum Gasteiger partial charge on any atom is 0.235 e. The van der Waals surface area contributed by atoms with E-state index in [1.165, 1.54) is 5.56 Å². The van der Waals surface area contributed by atoms with Gasteiger partial charge in [0.05, 0.1) is 0 Å². The maximum atomic E-state index is 11.7. The van der Waals surface area contributed by atoms with E-state index in [9.17, 15) is 9.59 Å². The van der Waals surface area contributed by atoms with E-state index >= 15 is 0 Å². The second-order valence-corrected chi connectivity index (χ2v) is 5.66. The minimum atomic E-state index is -0.438. The van der Waals surface area contributed by atoms with Gasteiger partial charge in [-0.15, -0.1) is 12.6 Å². The fraction of sp³-hybridized carbons (Fsp3) is 0.0526. The smallest absolute Gasteiger partial charge is 0.235 e. The van der Waals surface area contributed by atoms with Crippen LogP contribution >= 0.6 is 12.6 Å². The maximum absolute atomic E-state index is 11.7. The monoisotopic (exact) mass is 306 g/mol. The molecule has 0 heterocycles. The summed E-state index contributed by atoms with van der Waals surface area (Å²) in [6.07, 6.45) is 0. The Labute approximate surface area is 134 Å². The van der Waals surface area contributed by atoms with Crippen LogP contribution < -0.4 is 0 Å². The molecule has 1 aliphatic carbocycles. The van der Waals surface area contributed by atoms with Crippen molar-refractivity contribution in [1.29, 1.82) is 0 Å². The van der Waals surface area contributed by atoms with Crippen LogP contribution in [0.3, 0.4) is 0 Å². The zero-order chi connectivity index (χ0) is 15.7. The molecule has 0 saturated heterocycles. The first kappa shape index (κ1) is 14.5. The molecule has 0 saturated carbocycles. The molecule has 2 nitrogen and oxygen atoms in total. The summed E-state index contributed by atoms with van der Waals surface area (Å²) in [6, 6.07) is 19.2. The van der Waals surface area contributed by atoms with Crippen molar-refractivity contribution in [2.24, 2.45) is 0 Å². The third kappa shape index (κ3) is 2.44. The predicted molar refractivity (Wildman–Crippen MR) is 91.0 cm³/mol. The van der Waals surface area contributed by atoms with Crippen molar-refractivity contribution < 1.29 is 9.59 Å². The molecule has 3 aromatic rings. The third-order valence-electron chi connectivity index (χ3n) is 3.64. The van der Waals surface area contributed by atoms with E-state index in [-0.39, 0.29) is 0 Å². The van der Waals surface area contributed by atoms with Crippen LogP contribution in [0.25, 0.3) is 10.8 Å². The Bertz CT molecular complexity index is 883. The summed E-state index contributed by atoms with van der Waals surface area (Å²) in [5, 5.41) is 1.67. The highest BCUT2D eigenvalue weighted by molar-refractivity contribution is 7.80. The van der Waals surface area contributed by atoms with Crippen LogP contribution in [0.15, 0.2) is 65.6 Å². The summed E-state index contributed by atoms with van der Waals surface area (Å²) >= 11 is 4.21. The van der Waals surface area contributed by atoms with Gasteiger partial charge in [-0.1, -0.05) is 60.2 Å². The number of thiol groups is 1. The minimum Gasteiger partial charge on any atom is -0.285 e. The molecule has 3 heteroatoms. The summed E-state index contributed by atoms with van der Waals surface area (Å²) in [6.45, 7) is 2.08. The van der Waals surface area contributed by atoms with E-state index in [2.05, 4.69) is 31.7 Å². The molecular weight excluding hydrogens is 292 g/mol. The number of carbonyl (C=O) groups excluding carboxylic acids is 2. The Hall–Kier alpha value is -2.39. The molecule has 4 rings (SSSR count). The molecule has 0 N–H and O–H groups in total. The molecule has 108 valence electrons. The van der Waals surface area contributed by atoms with E-state index in [4.69, 9.17) is 0 Å². The van der Waals surface area contributed by atoms with Gasteiger partial charge in [0.1, 0.15) is 0 Å². The zero-order valence-corrected chi connectivity index (χ0v) is 12.9. The van der Waals surface area contributed by atoms with Crippen LogP contribution in [0.2, 0.25) is 0 Å². The van der Waals surface area contributed by atoms with Gasteiger partial charge in [0.2, 0.25) is 11.6 Å². The van der Waals surface area contributed by atoms with Gasteiger partial charge >= 0.3 is 0 Å². The Balaban J connectivity index is 0.000000174. The quantitative estimate of drug-likeness (QED) is 0.490. The van der Waals surface area contributed by atoms with Crippen LogP contribution in [0.1, 0.15) is 26.3 Å². The van der Waals surface area contributed by atoms with E-state index in [1.54, 1.807) is 18.2 Å². The molecule has 22 heavy (non-hydrogen) atoms. The molecule has 1 aliphatic rings. The average Bonchev–Trinajstić information content (AvgIpc) is 2.79. The Kier molecular flexibility index (Phi) is 3.82. The Morgan fingerprint density at radius 2 is 1.50 bits per heavy atom. The highest BCUT2D eigenvalue weighted by atomic mass is 32.1. The first-order valence-electron chi connectivity index (χ1n) is 6.95. The third-order valence-corrected chi connectivity index (χ3v) is 4.01. The number of hydrogen-bond donors (Lipinski definition) is 1. The number of rotatable bonds is 0. The summed E-state index contributed by atoms with van der Waals surface area (Å²) in [5.41, 5.74) is 2.28. The van der Waals surface area contributed by atoms with E-state index < -0.39 is 11.6 Å².